The fraction of sp³-hybridized carbons (Fsp3) is 0.927. The van der Waals surface area contributed by atoms with E-state index in [9.17, 15) is 14.4 Å². The number of carbonyl (C=O) groups excluding carboxylic acids is 3. The third-order valence-corrected chi connectivity index (χ3v) is 9.17. The predicted molar refractivity (Wildman–Crippen MR) is 197 cm³/mol. The lowest BCUT2D eigenvalue weighted by molar-refractivity contribution is -0.166. The molecule has 0 aliphatic rings. The van der Waals surface area contributed by atoms with Gasteiger partial charge in [0.15, 0.2) is 6.10 Å². The summed E-state index contributed by atoms with van der Waals surface area (Å²) in [6, 6.07) is 0. The SMILES string of the molecule is CCCCCCCCCCCCCCCCCC(=O)OCC(COC(C)=O)OC(=O)CCCCCCCCCCCCCCCCC. The van der Waals surface area contributed by atoms with Crippen LogP contribution in [0.2, 0.25) is 0 Å². The molecule has 1 atom stereocenters. The molecule has 0 aliphatic carbocycles. The first kappa shape index (κ1) is 45.4. The second kappa shape index (κ2) is 37.2. The van der Waals surface area contributed by atoms with Crippen molar-refractivity contribution in [2.75, 3.05) is 13.2 Å². The maximum atomic E-state index is 12.4. The number of hydrogen-bond acceptors (Lipinski definition) is 6. The molecular formula is C41H78O6. The molecule has 0 bridgehead atoms. The Kier molecular flexibility index (Phi) is 36.0. The summed E-state index contributed by atoms with van der Waals surface area (Å²) in [7, 11) is 0. The second-order valence-corrected chi connectivity index (χ2v) is 14.0. The first-order valence-corrected chi connectivity index (χ1v) is 20.5. The van der Waals surface area contributed by atoms with E-state index in [-0.39, 0.29) is 25.2 Å². The van der Waals surface area contributed by atoms with Gasteiger partial charge in [0, 0.05) is 19.8 Å². The monoisotopic (exact) mass is 667 g/mol. The van der Waals surface area contributed by atoms with Gasteiger partial charge in [0.05, 0.1) is 0 Å². The van der Waals surface area contributed by atoms with Crippen LogP contribution < -0.4 is 0 Å². The van der Waals surface area contributed by atoms with Crippen LogP contribution in [-0.4, -0.2) is 37.2 Å². The van der Waals surface area contributed by atoms with Crippen molar-refractivity contribution in [3.05, 3.63) is 0 Å². The maximum Gasteiger partial charge on any atom is 0.306 e. The normalized spacial score (nSPS) is 11.8. The Morgan fingerprint density at radius 3 is 0.979 bits per heavy atom. The van der Waals surface area contributed by atoms with Crippen LogP contribution in [0.3, 0.4) is 0 Å². The van der Waals surface area contributed by atoms with Crippen LogP contribution >= 0.6 is 0 Å². The van der Waals surface area contributed by atoms with Gasteiger partial charge in [-0.2, -0.15) is 0 Å². The van der Waals surface area contributed by atoms with Gasteiger partial charge < -0.3 is 14.2 Å². The van der Waals surface area contributed by atoms with Crippen LogP contribution in [-0.2, 0) is 28.6 Å². The van der Waals surface area contributed by atoms with E-state index in [1.165, 1.54) is 161 Å². The van der Waals surface area contributed by atoms with Crippen molar-refractivity contribution < 1.29 is 28.6 Å². The Labute approximate surface area is 291 Å². The van der Waals surface area contributed by atoms with Crippen LogP contribution in [0.25, 0.3) is 0 Å². The van der Waals surface area contributed by atoms with Crippen LogP contribution in [0.4, 0.5) is 0 Å². The quantitative estimate of drug-likeness (QED) is 0.0373. The summed E-state index contributed by atoms with van der Waals surface area (Å²) < 4.78 is 15.9. The minimum atomic E-state index is -0.757. The Morgan fingerprint density at radius 2 is 0.660 bits per heavy atom. The molecule has 0 spiro atoms. The Hall–Kier alpha value is -1.59. The van der Waals surface area contributed by atoms with Crippen LogP contribution in [0, 0.1) is 0 Å². The molecule has 0 heterocycles. The molecule has 278 valence electrons. The molecule has 1 unspecified atom stereocenters. The third-order valence-electron chi connectivity index (χ3n) is 9.17. The molecule has 0 aromatic carbocycles. The maximum absolute atomic E-state index is 12.4. The van der Waals surface area contributed by atoms with Gasteiger partial charge >= 0.3 is 17.9 Å². The molecule has 0 saturated heterocycles. The summed E-state index contributed by atoms with van der Waals surface area (Å²) in [5, 5.41) is 0. The van der Waals surface area contributed by atoms with Gasteiger partial charge in [0.25, 0.3) is 0 Å². The smallest absolute Gasteiger partial charge is 0.306 e. The number of unbranched alkanes of at least 4 members (excludes halogenated alkanes) is 28. The standard InChI is InChI=1S/C41H78O6/c1-4-6-8-10-12-14-16-18-20-22-24-26-28-30-32-34-40(43)46-37-39(36-45-38(3)42)47-41(44)35-33-31-29-27-25-23-21-19-17-15-13-11-9-7-5-2/h39H,4-37H2,1-3H3. The summed E-state index contributed by atoms with van der Waals surface area (Å²) in [5.74, 6) is -1.06. The minimum Gasteiger partial charge on any atom is -0.462 e. The minimum absolute atomic E-state index is 0.0740. The molecule has 0 N–H and O–H groups in total. The summed E-state index contributed by atoms with van der Waals surface area (Å²) in [4.78, 5) is 36.0. The Bertz CT molecular complexity index is 693. The van der Waals surface area contributed by atoms with E-state index >= 15 is 0 Å². The van der Waals surface area contributed by atoms with Gasteiger partial charge in [-0.15, -0.1) is 0 Å². The number of hydrogen-bond donors (Lipinski definition) is 0. The number of esters is 3. The average Bonchev–Trinajstić information content (AvgIpc) is 3.05. The highest BCUT2D eigenvalue weighted by Crippen LogP contribution is 2.16. The molecule has 0 aromatic heterocycles. The van der Waals surface area contributed by atoms with Crippen LogP contribution in [0.15, 0.2) is 0 Å². The van der Waals surface area contributed by atoms with Gasteiger partial charge in [-0.05, 0) is 12.8 Å². The predicted octanol–water partition coefficient (Wildman–Crippen LogP) is 12.5. The van der Waals surface area contributed by atoms with Crippen LogP contribution in [0.1, 0.15) is 226 Å². The third kappa shape index (κ3) is 37.1. The van der Waals surface area contributed by atoms with Crippen molar-refractivity contribution in [1.82, 2.24) is 0 Å². The zero-order chi connectivity index (χ0) is 34.5. The second-order valence-electron chi connectivity index (χ2n) is 14.0. The van der Waals surface area contributed by atoms with Crippen molar-refractivity contribution in [2.24, 2.45) is 0 Å². The van der Waals surface area contributed by atoms with Gasteiger partial charge in [0.2, 0.25) is 0 Å². The average molecular weight is 667 g/mol. The zero-order valence-electron chi connectivity index (χ0n) is 31.6. The fourth-order valence-electron chi connectivity index (χ4n) is 6.11. The summed E-state index contributed by atoms with van der Waals surface area (Å²) in [5.41, 5.74) is 0. The Morgan fingerprint density at radius 1 is 0.383 bits per heavy atom. The molecule has 6 heteroatoms. The lowest BCUT2D eigenvalue weighted by Gasteiger charge is -2.18. The summed E-state index contributed by atoms with van der Waals surface area (Å²) in [6.45, 7) is 5.69. The number of ether oxygens (including phenoxy) is 3. The lowest BCUT2D eigenvalue weighted by Crippen LogP contribution is -2.30. The Balaban J connectivity index is 3.78. The summed E-state index contributed by atoms with van der Waals surface area (Å²) >= 11 is 0. The lowest BCUT2D eigenvalue weighted by atomic mass is 10.0. The molecule has 0 amide bonds. The van der Waals surface area contributed by atoms with E-state index in [0.29, 0.717) is 12.8 Å². The van der Waals surface area contributed by atoms with Crippen LogP contribution in [0.5, 0.6) is 0 Å². The van der Waals surface area contributed by atoms with Gasteiger partial charge in [-0.25, -0.2) is 0 Å². The highest BCUT2D eigenvalue weighted by Gasteiger charge is 2.18. The molecule has 0 fully saturated rings. The van der Waals surface area contributed by atoms with E-state index in [2.05, 4.69) is 13.8 Å². The van der Waals surface area contributed by atoms with Crippen molar-refractivity contribution in [1.29, 1.82) is 0 Å². The van der Waals surface area contributed by atoms with Gasteiger partial charge in [0.1, 0.15) is 13.2 Å². The largest absolute Gasteiger partial charge is 0.462 e. The van der Waals surface area contributed by atoms with Gasteiger partial charge in [-0.3, -0.25) is 14.4 Å². The van der Waals surface area contributed by atoms with Crippen molar-refractivity contribution in [3.63, 3.8) is 0 Å². The van der Waals surface area contributed by atoms with Crippen molar-refractivity contribution in [2.45, 2.75) is 232 Å². The highest BCUT2D eigenvalue weighted by atomic mass is 16.6. The molecule has 0 saturated carbocycles. The van der Waals surface area contributed by atoms with E-state index in [1.807, 2.05) is 0 Å². The van der Waals surface area contributed by atoms with E-state index in [1.54, 1.807) is 0 Å². The molecule has 0 radical (unpaired) electrons. The molecule has 0 aromatic rings. The van der Waals surface area contributed by atoms with Gasteiger partial charge in [-0.1, -0.05) is 194 Å². The van der Waals surface area contributed by atoms with Crippen molar-refractivity contribution in [3.8, 4) is 0 Å². The highest BCUT2D eigenvalue weighted by molar-refractivity contribution is 5.70. The number of carbonyl (C=O) groups is 3. The molecule has 0 rings (SSSR count). The van der Waals surface area contributed by atoms with E-state index in [4.69, 9.17) is 14.2 Å². The molecule has 47 heavy (non-hydrogen) atoms. The molecule has 6 nitrogen and oxygen atoms in total. The number of rotatable bonds is 37. The first-order valence-electron chi connectivity index (χ1n) is 20.5. The van der Waals surface area contributed by atoms with E-state index in [0.717, 1.165) is 38.5 Å². The summed E-state index contributed by atoms with van der Waals surface area (Å²) in [6.07, 6.45) is 38.3. The van der Waals surface area contributed by atoms with Crippen molar-refractivity contribution >= 4 is 17.9 Å². The fourth-order valence-corrected chi connectivity index (χ4v) is 6.11. The zero-order valence-corrected chi connectivity index (χ0v) is 31.6. The first-order chi connectivity index (χ1) is 23.0. The van der Waals surface area contributed by atoms with E-state index < -0.39 is 12.1 Å². The molecule has 0 aliphatic heterocycles. The molecular weight excluding hydrogens is 588 g/mol. The topological polar surface area (TPSA) is 78.9 Å².